The lowest BCUT2D eigenvalue weighted by atomic mass is 9.64. The van der Waals surface area contributed by atoms with Crippen LogP contribution in [0.15, 0.2) is 91.0 Å². The molecule has 2 N–H and O–H groups in total. The van der Waals surface area contributed by atoms with Crippen LogP contribution in [0.4, 0.5) is 0 Å². The molecule has 0 bridgehead atoms. The lowest BCUT2D eigenvalue weighted by Gasteiger charge is -2.37. The minimum atomic E-state index is -0.822. The summed E-state index contributed by atoms with van der Waals surface area (Å²) in [6.45, 7) is 3.44. The number of para-hydroxylation sites is 1. The molecule has 4 rings (SSSR count). The smallest absolute Gasteiger partial charge is 0.232 e. The molecular weight excluding hydrogens is 384 g/mol. The molecule has 1 atom stereocenters. The van der Waals surface area contributed by atoms with E-state index < -0.39 is 5.41 Å². The van der Waals surface area contributed by atoms with Gasteiger partial charge in [0.25, 0.3) is 0 Å². The van der Waals surface area contributed by atoms with Crippen molar-refractivity contribution in [2.45, 2.75) is 18.3 Å². The van der Waals surface area contributed by atoms with E-state index in [1.165, 1.54) is 0 Å². The molecule has 0 saturated carbocycles. The number of primary amides is 1. The van der Waals surface area contributed by atoms with Gasteiger partial charge < -0.3 is 15.4 Å². The molecule has 0 radical (unpaired) electrons. The summed E-state index contributed by atoms with van der Waals surface area (Å²) >= 11 is 0. The summed E-state index contributed by atoms with van der Waals surface area (Å²) in [4.78, 5) is 15.6. The van der Waals surface area contributed by atoms with Crippen LogP contribution in [-0.4, -0.2) is 37.0 Å². The third kappa shape index (κ3) is 4.49. The van der Waals surface area contributed by atoms with Crippen molar-refractivity contribution in [2.75, 3.05) is 26.2 Å². The van der Waals surface area contributed by atoms with Crippen LogP contribution in [0.5, 0.6) is 5.75 Å². The molecule has 1 aliphatic heterocycles. The molecule has 1 heterocycles. The van der Waals surface area contributed by atoms with Crippen molar-refractivity contribution in [1.29, 1.82) is 0 Å². The number of hydrogen-bond acceptors (Lipinski definition) is 3. The quantitative estimate of drug-likeness (QED) is 0.533. The summed E-state index contributed by atoms with van der Waals surface area (Å²) in [6, 6.07) is 30.0. The Morgan fingerprint density at radius 2 is 1.45 bits per heavy atom. The van der Waals surface area contributed by atoms with Crippen molar-refractivity contribution in [3.05, 3.63) is 102 Å². The van der Waals surface area contributed by atoms with E-state index >= 15 is 0 Å². The Labute approximate surface area is 184 Å². The van der Waals surface area contributed by atoms with Gasteiger partial charge in [0, 0.05) is 13.1 Å². The molecule has 0 aromatic heterocycles. The van der Waals surface area contributed by atoms with Crippen molar-refractivity contribution in [3.63, 3.8) is 0 Å². The predicted molar refractivity (Wildman–Crippen MR) is 124 cm³/mol. The zero-order valence-electron chi connectivity index (χ0n) is 17.8. The van der Waals surface area contributed by atoms with Crippen LogP contribution in [-0.2, 0) is 10.2 Å². The van der Waals surface area contributed by atoms with E-state index in [1.807, 2.05) is 91.0 Å². The molecule has 1 saturated heterocycles. The second-order valence-electron chi connectivity index (χ2n) is 8.21. The Hall–Kier alpha value is -3.11. The zero-order valence-corrected chi connectivity index (χ0v) is 17.8. The van der Waals surface area contributed by atoms with Gasteiger partial charge in [0.2, 0.25) is 5.91 Å². The highest BCUT2D eigenvalue weighted by Crippen LogP contribution is 2.43. The summed E-state index contributed by atoms with van der Waals surface area (Å²) in [6.07, 6.45) is 1.88. The number of nitrogens with zero attached hydrogens (tertiary/aromatic N) is 1. The molecule has 160 valence electrons. The van der Waals surface area contributed by atoms with Gasteiger partial charge in [-0.05, 0) is 48.6 Å². The van der Waals surface area contributed by atoms with E-state index in [2.05, 4.69) is 4.90 Å². The number of carbonyl (C=O) groups is 1. The van der Waals surface area contributed by atoms with Crippen LogP contribution in [0.1, 0.15) is 24.0 Å². The highest BCUT2D eigenvalue weighted by atomic mass is 16.5. The Morgan fingerprint density at radius 3 is 2.00 bits per heavy atom. The topological polar surface area (TPSA) is 55.6 Å². The molecular formula is C27H30N2O2. The van der Waals surface area contributed by atoms with E-state index in [-0.39, 0.29) is 11.8 Å². The molecule has 1 aliphatic rings. The van der Waals surface area contributed by atoms with Gasteiger partial charge in [0.05, 0.1) is 6.61 Å². The molecule has 0 unspecified atom stereocenters. The van der Waals surface area contributed by atoms with Gasteiger partial charge in [-0.2, -0.15) is 0 Å². The Bertz CT molecular complexity index is 921. The van der Waals surface area contributed by atoms with E-state index in [1.54, 1.807) is 0 Å². The zero-order chi connectivity index (χ0) is 21.5. The molecule has 1 fully saturated rings. The highest BCUT2D eigenvalue weighted by molar-refractivity contribution is 5.91. The lowest BCUT2D eigenvalue weighted by molar-refractivity contribution is -0.123. The third-order valence-electron chi connectivity index (χ3n) is 6.36. The monoisotopic (exact) mass is 414 g/mol. The van der Waals surface area contributed by atoms with Crippen LogP contribution in [0.3, 0.4) is 0 Å². The number of likely N-dealkylation sites (tertiary alicyclic amines) is 1. The average molecular weight is 415 g/mol. The number of rotatable bonds is 9. The van der Waals surface area contributed by atoms with Gasteiger partial charge in [0.1, 0.15) is 11.2 Å². The molecule has 0 spiro atoms. The summed E-state index contributed by atoms with van der Waals surface area (Å²) in [5.74, 6) is 0.761. The first-order chi connectivity index (χ1) is 15.2. The van der Waals surface area contributed by atoms with Gasteiger partial charge in [-0.25, -0.2) is 0 Å². The van der Waals surface area contributed by atoms with Gasteiger partial charge in [0.15, 0.2) is 0 Å². The fraction of sp³-hybridized carbons (Fsp3) is 0.296. The summed E-state index contributed by atoms with van der Waals surface area (Å²) in [7, 11) is 0. The first kappa shape index (κ1) is 21.1. The molecule has 3 aromatic rings. The van der Waals surface area contributed by atoms with Crippen molar-refractivity contribution < 1.29 is 9.53 Å². The molecule has 31 heavy (non-hydrogen) atoms. The fourth-order valence-electron chi connectivity index (χ4n) is 4.91. The second-order valence-corrected chi connectivity index (χ2v) is 8.21. The standard InChI is InChI=1S/C27H30N2O2/c28-26(30)27(22-11-4-1-5-12-22,23-13-6-2-7-14-23)24-17-19-29(21-24)18-10-20-31-25-15-8-3-9-16-25/h1-9,11-16,24H,10,17-21H2,(H2,28,30)/t24-/m0/s1. The average Bonchev–Trinajstić information content (AvgIpc) is 3.28. The van der Waals surface area contributed by atoms with Crippen LogP contribution in [0, 0.1) is 5.92 Å². The van der Waals surface area contributed by atoms with Crippen LogP contribution in [0.25, 0.3) is 0 Å². The maximum Gasteiger partial charge on any atom is 0.232 e. The highest BCUT2D eigenvalue weighted by Gasteiger charge is 2.49. The van der Waals surface area contributed by atoms with Crippen molar-refractivity contribution in [2.24, 2.45) is 11.7 Å². The summed E-state index contributed by atoms with van der Waals surface area (Å²) < 4.78 is 5.84. The van der Waals surface area contributed by atoms with Gasteiger partial charge in [-0.1, -0.05) is 78.9 Å². The minimum Gasteiger partial charge on any atom is -0.494 e. The number of carbonyl (C=O) groups excluding carboxylic acids is 1. The first-order valence-electron chi connectivity index (χ1n) is 11.0. The molecule has 0 aliphatic carbocycles. The van der Waals surface area contributed by atoms with E-state index in [0.717, 1.165) is 49.4 Å². The Morgan fingerprint density at radius 1 is 0.903 bits per heavy atom. The van der Waals surface area contributed by atoms with Crippen LogP contribution < -0.4 is 10.5 Å². The van der Waals surface area contributed by atoms with Gasteiger partial charge in [-0.3, -0.25) is 4.79 Å². The first-order valence-corrected chi connectivity index (χ1v) is 11.0. The summed E-state index contributed by atoms with van der Waals surface area (Å²) in [5.41, 5.74) is 7.31. The maximum atomic E-state index is 13.1. The van der Waals surface area contributed by atoms with Gasteiger partial charge >= 0.3 is 0 Å². The minimum absolute atomic E-state index is 0.129. The van der Waals surface area contributed by atoms with Crippen LogP contribution in [0.2, 0.25) is 0 Å². The summed E-state index contributed by atoms with van der Waals surface area (Å²) in [5, 5.41) is 0. The van der Waals surface area contributed by atoms with Crippen molar-refractivity contribution >= 4 is 5.91 Å². The number of amides is 1. The number of ether oxygens (including phenoxy) is 1. The van der Waals surface area contributed by atoms with Crippen molar-refractivity contribution in [3.8, 4) is 5.75 Å². The normalized spacial score (nSPS) is 16.8. The predicted octanol–water partition coefficient (Wildman–Crippen LogP) is 4.25. The molecule has 4 heteroatoms. The van der Waals surface area contributed by atoms with E-state index in [4.69, 9.17) is 10.5 Å². The Kier molecular flexibility index (Phi) is 6.68. The lowest BCUT2D eigenvalue weighted by Crippen LogP contribution is -2.49. The fourth-order valence-corrected chi connectivity index (χ4v) is 4.91. The van der Waals surface area contributed by atoms with E-state index in [0.29, 0.717) is 6.61 Å². The second kappa shape index (κ2) is 9.80. The number of hydrogen-bond donors (Lipinski definition) is 1. The van der Waals surface area contributed by atoms with E-state index in [9.17, 15) is 4.79 Å². The largest absolute Gasteiger partial charge is 0.494 e. The van der Waals surface area contributed by atoms with Crippen molar-refractivity contribution in [1.82, 2.24) is 4.90 Å². The maximum absolute atomic E-state index is 13.1. The molecule has 1 amide bonds. The molecule has 4 nitrogen and oxygen atoms in total. The third-order valence-corrected chi connectivity index (χ3v) is 6.36. The molecule has 3 aromatic carbocycles. The number of nitrogens with two attached hydrogens (primary N) is 1. The van der Waals surface area contributed by atoms with Gasteiger partial charge in [-0.15, -0.1) is 0 Å². The van der Waals surface area contributed by atoms with Crippen LogP contribution >= 0.6 is 0 Å². The Balaban J connectivity index is 1.49. The number of benzene rings is 3. The SMILES string of the molecule is NC(=O)C(c1ccccc1)(c1ccccc1)[C@H]1CCN(CCCOc2ccccc2)C1.